The van der Waals surface area contributed by atoms with Crippen LogP contribution in [0.5, 0.6) is 0 Å². The average molecular weight is 450 g/mol. The second kappa shape index (κ2) is 8.85. The molecule has 1 aliphatic heterocycles. The molecule has 2 N–H and O–H groups in total. The molecule has 3 rings (SSSR count). The van der Waals surface area contributed by atoms with Crippen LogP contribution >= 0.6 is 0 Å². The zero-order valence-electron chi connectivity index (χ0n) is 17.1. The van der Waals surface area contributed by atoms with Crippen LogP contribution in [0.4, 0.5) is 30.2 Å². The smallest absolute Gasteiger partial charge is 0.366 e. The SMILES string of the molecule is CN(C(=O)C1CCN(c2ccc(C(F)(F)F)cc2[N+](=O)[O-])CC1)c1ccc(C(N)=O)cc1. The Morgan fingerprint density at radius 3 is 2.22 bits per heavy atom. The normalized spacial score (nSPS) is 14.8. The minimum absolute atomic E-state index is 0.101. The molecule has 0 bridgehead atoms. The summed E-state index contributed by atoms with van der Waals surface area (Å²) in [6, 6.07) is 8.73. The Labute approximate surface area is 181 Å². The maximum atomic E-state index is 12.9. The van der Waals surface area contributed by atoms with E-state index in [1.54, 1.807) is 24.1 Å². The molecule has 0 aliphatic carbocycles. The van der Waals surface area contributed by atoms with Gasteiger partial charge in [0, 0.05) is 43.4 Å². The molecule has 0 aromatic heterocycles. The lowest BCUT2D eigenvalue weighted by molar-refractivity contribution is -0.384. The summed E-state index contributed by atoms with van der Waals surface area (Å²) in [5.74, 6) is -1.07. The van der Waals surface area contributed by atoms with Gasteiger partial charge in [0.1, 0.15) is 5.69 Å². The number of nitro groups is 1. The van der Waals surface area contributed by atoms with Crippen LogP contribution in [0.15, 0.2) is 42.5 Å². The molecular weight excluding hydrogens is 429 g/mol. The lowest BCUT2D eigenvalue weighted by atomic mass is 9.94. The first-order valence-corrected chi connectivity index (χ1v) is 9.77. The summed E-state index contributed by atoms with van der Waals surface area (Å²) >= 11 is 0. The van der Waals surface area contributed by atoms with E-state index in [0.29, 0.717) is 30.2 Å². The van der Waals surface area contributed by atoms with E-state index in [1.165, 1.54) is 17.0 Å². The van der Waals surface area contributed by atoms with Gasteiger partial charge < -0.3 is 15.5 Å². The second-order valence-corrected chi connectivity index (χ2v) is 7.53. The highest BCUT2D eigenvalue weighted by molar-refractivity contribution is 5.96. The molecule has 11 heteroatoms. The van der Waals surface area contributed by atoms with Crippen LogP contribution in [0.1, 0.15) is 28.8 Å². The Bertz CT molecular complexity index is 1030. The Morgan fingerprint density at radius 2 is 1.72 bits per heavy atom. The first-order chi connectivity index (χ1) is 15.0. The zero-order valence-corrected chi connectivity index (χ0v) is 17.1. The molecule has 0 unspecified atom stereocenters. The van der Waals surface area contributed by atoms with Gasteiger partial charge in [-0.15, -0.1) is 0 Å². The number of carbonyl (C=O) groups excluding carboxylic acids is 2. The minimum atomic E-state index is -4.68. The van der Waals surface area contributed by atoms with Gasteiger partial charge >= 0.3 is 6.18 Å². The van der Waals surface area contributed by atoms with E-state index in [-0.39, 0.29) is 30.6 Å². The second-order valence-electron chi connectivity index (χ2n) is 7.53. The summed E-state index contributed by atoms with van der Waals surface area (Å²) in [6.07, 6.45) is -3.90. The number of nitrogens with zero attached hydrogens (tertiary/aromatic N) is 3. The number of hydrogen-bond donors (Lipinski definition) is 1. The molecule has 8 nitrogen and oxygen atoms in total. The number of benzene rings is 2. The Hall–Kier alpha value is -3.63. The van der Waals surface area contributed by atoms with Gasteiger partial charge in [-0.3, -0.25) is 19.7 Å². The number of halogens is 3. The fourth-order valence-corrected chi connectivity index (χ4v) is 3.73. The quantitative estimate of drug-likeness (QED) is 0.553. The van der Waals surface area contributed by atoms with E-state index in [2.05, 4.69) is 0 Å². The highest BCUT2D eigenvalue weighted by Crippen LogP contribution is 2.38. The molecule has 1 heterocycles. The summed E-state index contributed by atoms with van der Waals surface area (Å²) in [5.41, 5.74) is 4.52. The van der Waals surface area contributed by atoms with Gasteiger partial charge in [-0.2, -0.15) is 13.2 Å². The van der Waals surface area contributed by atoms with E-state index in [0.717, 1.165) is 12.1 Å². The van der Waals surface area contributed by atoms with Gasteiger partial charge in [0.2, 0.25) is 11.8 Å². The molecule has 1 aliphatic rings. The monoisotopic (exact) mass is 450 g/mol. The predicted octanol–water partition coefficient (Wildman–Crippen LogP) is 3.59. The van der Waals surface area contributed by atoms with Crippen molar-refractivity contribution in [1.29, 1.82) is 0 Å². The van der Waals surface area contributed by atoms with Crippen LogP contribution in [-0.4, -0.2) is 36.9 Å². The van der Waals surface area contributed by atoms with Crippen molar-refractivity contribution < 1.29 is 27.7 Å². The van der Waals surface area contributed by atoms with Gasteiger partial charge in [-0.1, -0.05) is 0 Å². The summed E-state index contributed by atoms with van der Waals surface area (Å²) in [5, 5.41) is 11.4. The molecule has 1 saturated heterocycles. The van der Waals surface area contributed by atoms with Crippen LogP contribution < -0.4 is 15.5 Å². The van der Waals surface area contributed by atoms with Crippen molar-refractivity contribution in [3.05, 3.63) is 63.7 Å². The Kier molecular flexibility index (Phi) is 6.37. The average Bonchev–Trinajstić information content (AvgIpc) is 2.77. The summed E-state index contributed by atoms with van der Waals surface area (Å²) in [6.45, 7) is 0.578. The van der Waals surface area contributed by atoms with E-state index in [4.69, 9.17) is 5.73 Å². The molecule has 2 aromatic rings. The molecule has 2 amide bonds. The number of anilines is 2. The molecule has 0 atom stereocenters. The maximum Gasteiger partial charge on any atom is 0.416 e. The number of rotatable bonds is 5. The highest BCUT2D eigenvalue weighted by Gasteiger charge is 2.35. The number of nitrogens with two attached hydrogens (primary N) is 1. The number of carbonyl (C=O) groups is 2. The molecule has 0 saturated carbocycles. The molecule has 0 radical (unpaired) electrons. The van der Waals surface area contributed by atoms with Crippen molar-refractivity contribution >= 4 is 28.9 Å². The van der Waals surface area contributed by atoms with Crippen LogP contribution in [0, 0.1) is 16.0 Å². The minimum Gasteiger partial charge on any atom is -0.366 e. The van der Waals surface area contributed by atoms with Gasteiger partial charge in [-0.25, -0.2) is 0 Å². The number of alkyl halides is 3. The van der Waals surface area contributed by atoms with E-state index < -0.39 is 28.3 Å². The van der Waals surface area contributed by atoms with Crippen LogP contribution in [0.25, 0.3) is 0 Å². The Balaban J connectivity index is 1.70. The van der Waals surface area contributed by atoms with Crippen LogP contribution in [0.2, 0.25) is 0 Å². The van der Waals surface area contributed by atoms with Crippen molar-refractivity contribution in [3.8, 4) is 0 Å². The van der Waals surface area contributed by atoms with Gasteiger partial charge in [0.15, 0.2) is 0 Å². The van der Waals surface area contributed by atoms with E-state index in [9.17, 15) is 32.9 Å². The van der Waals surface area contributed by atoms with Gasteiger partial charge in [-0.05, 0) is 49.2 Å². The van der Waals surface area contributed by atoms with Gasteiger partial charge in [0.05, 0.1) is 10.5 Å². The van der Waals surface area contributed by atoms with Crippen LogP contribution in [-0.2, 0) is 11.0 Å². The first-order valence-electron chi connectivity index (χ1n) is 9.77. The number of hydrogen-bond acceptors (Lipinski definition) is 5. The van der Waals surface area contributed by atoms with Gasteiger partial charge in [0.25, 0.3) is 5.69 Å². The molecule has 0 spiro atoms. The van der Waals surface area contributed by atoms with Crippen molar-refractivity contribution in [2.75, 3.05) is 29.9 Å². The summed E-state index contributed by atoms with van der Waals surface area (Å²) in [4.78, 5) is 37.7. The Morgan fingerprint density at radius 1 is 1.12 bits per heavy atom. The fourth-order valence-electron chi connectivity index (χ4n) is 3.73. The third kappa shape index (κ3) is 4.82. The third-order valence-electron chi connectivity index (χ3n) is 5.55. The molecule has 2 aromatic carbocycles. The molecule has 170 valence electrons. The number of nitro benzene ring substituents is 1. The van der Waals surface area contributed by atoms with E-state index >= 15 is 0 Å². The lowest BCUT2D eigenvalue weighted by Gasteiger charge is -2.34. The number of primary amides is 1. The van der Waals surface area contributed by atoms with E-state index in [1.807, 2.05) is 0 Å². The lowest BCUT2D eigenvalue weighted by Crippen LogP contribution is -2.41. The molecular formula is C21H21F3N4O4. The number of amides is 2. The van der Waals surface area contributed by atoms with Crippen molar-refractivity contribution in [1.82, 2.24) is 0 Å². The van der Waals surface area contributed by atoms with Crippen LogP contribution in [0.3, 0.4) is 0 Å². The first kappa shape index (κ1) is 23.0. The van der Waals surface area contributed by atoms with Crippen molar-refractivity contribution in [2.24, 2.45) is 11.7 Å². The largest absolute Gasteiger partial charge is 0.416 e. The van der Waals surface area contributed by atoms with Crippen molar-refractivity contribution in [2.45, 2.75) is 19.0 Å². The fraction of sp³-hybridized carbons (Fsp3) is 0.333. The van der Waals surface area contributed by atoms with Crippen molar-refractivity contribution in [3.63, 3.8) is 0 Å². The molecule has 32 heavy (non-hydrogen) atoms. The predicted molar refractivity (Wildman–Crippen MR) is 111 cm³/mol. The standard InChI is InChI=1S/C21H21F3N4O4/c1-26(16-5-2-13(3-6-16)19(25)29)20(30)14-8-10-27(11-9-14)17-7-4-15(21(22,23)24)12-18(17)28(31)32/h2-7,12,14H,8-11H2,1H3,(H2,25,29). The number of piperidine rings is 1. The topological polar surface area (TPSA) is 110 Å². The highest BCUT2D eigenvalue weighted by atomic mass is 19.4. The summed E-state index contributed by atoms with van der Waals surface area (Å²) in [7, 11) is 1.61. The summed E-state index contributed by atoms with van der Waals surface area (Å²) < 4.78 is 38.8. The zero-order chi connectivity index (χ0) is 23.6. The maximum absolute atomic E-state index is 12.9. The third-order valence-corrected chi connectivity index (χ3v) is 5.55. The molecule has 1 fully saturated rings.